The van der Waals surface area contributed by atoms with Gasteiger partial charge in [0.25, 0.3) is 0 Å². The number of allylic oxidation sites excluding steroid dienone is 1. The molecule has 2 heteroatoms. The Kier molecular flexibility index (Phi) is 6.62. The molecule has 1 aliphatic rings. The van der Waals surface area contributed by atoms with Crippen LogP contribution < -0.4 is 0 Å². The van der Waals surface area contributed by atoms with E-state index in [1.165, 1.54) is 33.1 Å². The summed E-state index contributed by atoms with van der Waals surface area (Å²) in [4.78, 5) is 1.44. The van der Waals surface area contributed by atoms with Crippen molar-refractivity contribution in [3.05, 3.63) is 83.3 Å². The van der Waals surface area contributed by atoms with E-state index in [4.69, 9.17) is 0 Å². The van der Waals surface area contributed by atoms with Gasteiger partial charge in [0.05, 0.1) is 0 Å². The smallest absolute Gasteiger partial charge is 0.00951 e. The van der Waals surface area contributed by atoms with E-state index >= 15 is 0 Å². The molecule has 0 saturated heterocycles. The fraction of sp³-hybridized carbons (Fsp3) is 0.250. The Labute approximate surface area is 171 Å². The van der Waals surface area contributed by atoms with Gasteiger partial charge in [0.15, 0.2) is 0 Å². The van der Waals surface area contributed by atoms with E-state index in [1.807, 2.05) is 11.8 Å². The van der Waals surface area contributed by atoms with Gasteiger partial charge < -0.3 is 0 Å². The van der Waals surface area contributed by atoms with E-state index in [0.29, 0.717) is 5.92 Å². The molecule has 111 valence electrons. The van der Waals surface area contributed by atoms with Crippen molar-refractivity contribution in [2.75, 3.05) is 5.75 Å². The van der Waals surface area contributed by atoms with E-state index in [-0.39, 0.29) is 41.3 Å². The molecule has 1 atom stereocenters. The molecule has 0 saturated carbocycles. The van der Waals surface area contributed by atoms with Gasteiger partial charge in [-0.05, 0) is 43.6 Å². The molecule has 2 aromatic carbocycles. The van der Waals surface area contributed by atoms with Crippen molar-refractivity contribution in [2.45, 2.75) is 31.1 Å². The first kappa shape index (κ1) is 18.1. The summed E-state index contributed by atoms with van der Waals surface area (Å²) >= 11 is 1.97. The van der Waals surface area contributed by atoms with Crippen LogP contribution in [-0.2, 0) is 0 Å². The Morgan fingerprint density at radius 3 is 2.50 bits per heavy atom. The van der Waals surface area contributed by atoms with Crippen LogP contribution in [-0.4, -0.2) is 5.75 Å². The Morgan fingerprint density at radius 1 is 1.14 bits per heavy atom. The zero-order valence-corrected chi connectivity index (χ0v) is 17.8. The monoisotopic (exact) mass is 434 g/mol. The normalized spacial score (nSPS) is 16.6. The molecular weight excluding hydrogens is 413 g/mol. The molecule has 0 aliphatic carbocycles. The average Bonchev–Trinajstić information content (AvgIpc) is 2.48. The van der Waals surface area contributed by atoms with Gasteiger partial charge in [0, 0.05) is 46.2 Å². The number of thioether (sulfide) groups is 1. The first-order chi connectivity index (χ1) is 10.2. The number of hydrogen-bond donors (Lipinski definition) is 0. The van der Waals surface area contributed by atoms with Crippen LogP contribution in [0.4, 0.5) is 0 Å². The second-order valence-electron chi connectivity index (χ2n) is 5.80. The van der Waals surface area contributed by atoms with Crippen LogP contribution in [0, 0.1) is 61.1 Å². The predicted octanol–water partition coefficient (Wildman–Crippen LogP) is 5.69. The zero-order chi connectivity index (χ0) is 14.8. The Bertz CT molecular complexity index is 645. The second-order valence-corrected chi connectivity index (χ2v) is 6.82. The SMILES string of the molecule is C=CC[C@@H]1c2ccc(C)cc2SC[C-]1c1ccc(C)cc1.[Pr]. The molecule has 2 aromatic rings. The molecule has 0 N–H and O–H groups in total. The Balaban J connectivity index is 0.00000176. The summed E-state index contributed by atoms with van der Waals surface area (Å²) in [5.41, 5.74) is 5.51. The molecule has 22 heavy (non-hydrogen) atoms. The summed E-state index contributed by atoms with van der Waals surface area (Å²) in [5, 5.41) is 0. The van der Waals surface area contributed by atoms with Gasteiger partial charge in [0.2, 0.25) is 0 Å². The van der Waals surface area contributed by atoms with E-state index in [9.17, 15) is 0 Å². The van der Waals surface area contributed by atoms with Gasteiger partial charge in [-0.25, -0.2) is 0 Å². The minimum atomic E-state index is 0. The van der Waals surface area contributed by atoms with Crippen molar-refractivity contribution < 1.29 is 41.3 Å². The molecule has 1 heterocycles. The molecule has 0 nitrogen and oxygen atoms in total. The van der Waals surface area contributed by atoms with E-state index in [2.05, 4.69) is 69.0 Å². The largest absolute Gasteiger partial charge is 0.187 e. The van der Waals surface area contributed by atoms with Crippen LogP contribution in [0.5, 0.6) is 0 Å². The summed E-state index contributed by atoms with van der Waals surface area (Å²) in [7, 11) is 0. The molecule has 1 radical (unpaired) electrons. The minimum Gasteiger partial charge on any atom is -0.187 e. The Hall–Kier alpha value is -0.236. The molecule has 0 unspecified atom stereocenters. The number of aryl methyl sites for hydroxylation is 2. The second kappa shape index (κ2) is 8.04. The summed E-state index contributed by atoms with van der Waals surface area (Å²) in [6, 6.07) is 15.8. The summed E-state index contributed by atoms with van der Waals surface area (Å²) in [6.45, 7) is 8.28. The number of hydrogen-bond acceptors (Lipinski definition) is 1. The fourth-order valence-electron chi connectivity index (χ4n) is 2.99. The van der Waals surface area contributed by atoms with Crippen LogP contribution in [0.25, 0.3) is 0 Å². The van der Waals surface area contributed by atoms with Crippen molar-refractivity contribution in [3.8, 4) is 0 Å². The molecule has 0 aromatic heterocycles. The van der Waals surface area contributed by atoms with Crippen LogP contribution in [0.3, 0.4) is 0 Å². The van der Waals surface area contributed by atoms with Gasteiger partial charge in [-0.2, -0.15) is 23.6 Å². The first-order valence-electron chi connectivity index (χ1n) is 7.46. The predicted molar refractivity (Wildman–Crippen MR) is 93.0 cm³/mol. The van der Waals surface area contributed by atoms with Crippen LogP contribution in [0.2, 0.25) is 0 Å². The van der Waals surface area contributed by atoms with Gasteiger partial charge in [-0.3, -0.25) is 0 Å². The molecule has 1 aliphatic heterocycles. The summed E-state index contributed by atoms with van der Waals surface area (Å²) < 4.78 is 0. The van der Waals surface area contributed by atoms with Crippen molar-refractivity contribution in [2.24, 2.45) is 0 Å². The average molecular weight is 434 g/mol. The standard InChI is InChI=1S/C20H21S.Pr/c1-4-5-17-18-11-8-15(3)12-20(18)21-13-19(17)16-9-6-14(2)7-10-16;/h4,6-12,17H,1,5,13H2,2-3H3;/q-1;/t17-;/m1./s1. The molecular formula is C20H21PrS-. The summed E-state index contributed by atoms with van der Waals surface area (Å²) in [5.74, 6) is 3.09. The van der Waals surface area contributed by atoms with E-state index in [1.54, 1.807) is 0 Å². The third kappa shape index (κ3) is 3.80. The summed E-state index contributed by atoms with van der Waals surface area (Å²) in [6.07, 6.45) is 3.07. The maximum atomic E-state index is 3.97. The number of fused-ring (bicyclic) bond motifs is 1. The van der Waals surface area contributed by atoms with Crippen molar-refractivity contribution in [1.29, 1.82) is 0 Å². The molecule has 0 fully saturated rings. The van der Waals surface area contributed by atoms with Crippen molar-refractivity contribution in [1.82, 2.24) is 0 Å². The fourth-order valence-corrected chi connectivity index (χ4v) is 4.31. The van der Waals surface area contributed by atoms with Crippen LogP contribution in [0.1, 0.15) is 34.6 Å². The van der Waals surface area contributed by atoms with Crippen molar-refractivity contribution in [3.63, 3.8) is 0 Å². The molecule has 3 rings (SSSR count). The quantitative estimate of drug-likeness (QED) is 0.442. The van der Waals surface area contributed by atoms with Gasteiger partial charge in [0.1, 0.15) is 0 Å². The Morgan fingerprint density at radius 2 is 1.82 bits per heavy atom. The minimum absolute atomic E-state index is 0. The van der Waals surface area contributed by atoms with Crippen molar-refractivity contribution >= 4 is 11.8 Å². The third-order valence-corrected chi connectivity index (χ3v) is 5.29. The zero-order valence-electron chi connectivity index (χ0n) is 13.3. The van der Waals surface area contributed by atoms with E-state index < -0.39 is 0 Å². The van der Waals surface area contributed by atoms with Gasteiger partial charge in [-0.15, -0.1) is 30.5 Å². The topological polar surface area (TPSA) is 0 Å². The van der Waals surface area contributed by atoms with E-state index in [0.717, 1.165) is 12.2 Å². The maximum absolute atomic E-state index is 3.97. The molecule has 0 spiro atoms. The van der Waals surface area contributed by atoms with Gasteiger partial charge >= 0.3 is 0 Å². The molecule has 0 amide bonds. The molecule has 0 bridgehead atoms. The van der Waals surface area contributed by atoms with Crippen LogP contribution in [0.15, 0.2) is 60.0 Å². The third-order valence-electron chi connectivity index (χ3n) is 4.17. The number of rotatable bonds is 3. The van der Waals surface area contributed by atoms with Crippen LogP contribution >= 0.6 is 11.8 Å². The first-order valence-corrected chi connectivity index (χ1v) is 8.44. The number of benzene rings is 2. The maximum Gasteiger partial charge on any atom is 0.00951 e. The van der Waals surface area contributed by atoms with Gasteiger partial charge in [-0.1, -0.05) is 29.3 Å².